The normalized spacial score (nSPS) is 11.7. The molecule has 1 aromatic heterocycles. The third-order valence-corrected chi connectivity index (χ3v) is 1.69. The number of nitrogens with zero attached hydrogens (tertiary/aromatic N) is 1. The Kier molecular flexibility index (Phi) is 2.96. The van der Waals surface area contributed by atoms with E-state index in [1.54, 1.807) is 12.3 Å². The van der Waals surface area contributed by atoms with Gasteiger partial charge in [0, 0.05) is 12.4 Å². The lowest BCUT2D eigenvalue weighted by Crippen LogP contribution is -2.15. The van der Waals surface area contributed by atoms with Crippen LogP contribution in [0.5, 0.6) is 0 Å². The van der Waals surface area contributed by atoms with Gasteiger partial charge in [-0.2, -0.15) is 0 Å². The van der Waals surface area contributed by atoms with Gasteiger partial charge in [0.15, 0.2) is 0 Å². The highest BCUT2D eigenvalue weighted by atomic mass is 19.4. The van der Waals surface area contributed by atoms with Gasteiger partial charge in [-0.3, -0.25) is 4.98 Å². The lowest BCUT2D eigenvalue weighted by molar-refractivity contribution is 0.467. The quantitative estimate of drug-likeness (QED) is 0.664. The molecule has 0 aromatic carbocycles. The summed E-state index contributed by atoms with van der Waals surface area (Å²) >= 11 is 0. The van der Waals surface area contributed by atoms with Gasteiger partial charge in [0.2, 0.25) is 0 Å². The molecule has 0 aliphatic heterocycles. The average molecular weight is 188 g/mol. The van der Waals surface area contributed by atoms with E-state index >= 15 is 0 Å². The number of rotatable bonds is 3. The highest BCUT2D eigenvalue weighted by molar-refractivity contribution is 6.58. The Labute approximate surface area is 75.0 Å². The smallest absolute Gasteiger partial charge is 0.449 e. The Morgan fingerprint density at radius 1 is 1.31 bits per heavy atom. The fourth-order valence-electron chi connectivity index (χ4n) is 1.08. The number of aryl methyl sites for hydroxylation is 2. The zero-order valence-corrected chi connectivity index (χ0v) is 7.30. The van der Waals surface area contributed by atoms with E-state index in [2.05, 4.69) is 4.98 Å². The van der Waals surface area contributed by atoms with Crippen molar-refractivity contribution in [3.8, 4) is 0 Å². The largest absolute Gasteiger partial charge is 0.478 e. The Morgan fingerprint density at radius 3 is 2.54 bits per heavy atom. The molecule has 0 amide bonds. The number of halogens is 3. The Bertz CT molecular complexity index is 285. The average Bonchev–Trinajstić information content (AvgIpc) is 2.00. The second-order valence-corrected chi connectivity index (χ2v) is 3.12. The lowest BCUT2D eigenvalue weighted by Gasteiger charge is -2.12. The topological polar surface area (TPSA) is 12.9 Å². The maximum absolute atomic E-state index is 11.9. The van der Waals surface area contributed by atoms with E-state index in [1.165, 1.54) is 6.20 Å². The molecule has 0 atom stereocenters. The van der Waals surface area contributed by atoms with Crippen molar-refractivity contribution in [1.82, 2.24) is 4.98 Å². The van der Waals surface area contributed by atoms with Crippen LogP contribution < -0.4 is 0 Å². The summed E-state index contributed by atoms with van der Waals surface area (Å²) in [6.45, 7) is -2.85. The molecule has 13 heavy (non-hydrogen) atoms. The van der Waals surface area contributed by atoms with Gasteiger partial charge in [0.1, 0.15) is 0 Å². The summed E-state index contributed by atoms with van der Waals surface area (Å²) in [4.78, 5) is 3.82. The molecule has 5 heteroatoms. The molecule has 0 fully saturated rings. The molecule has 0 bridgehead atoms. The number of hydrogen-bond acceptors (Lipinski definition) is 1. The fraction of sp³-hybridized carbons (Fsp3) is 0.375. The standard InChI is InChI=1S/C8H10BF3N/c1-7-4-8(6-13-5-7)2-3-9(10,11)12/h4-6H,2-3H2,1H3/q-1. The molecule has 0 aliphatic rings. The van der Waals surface area contributed by atoms with E-state index in [0.717, 1.165) is 5.56 Å². The number of aromatic nitrogens is 1. The van der Waals surface area contributed by atoms with Crippen LogP contribution in [0.1, 0.15) is 11.1 Å². The van der Waals surface area contributed by atoms with Gasteiger partial charge in [0.25, 0.3) is 0 Å². The van der Waals surface area contributed by atoms with Crippen LogP contribution in [0.2, 0.25) is 6.32 Å². The Hall–Kier alpha value is -0.995. The van der Waals surface area contributed by atoms with Crippen LogP contribution in [-0.2, 0) is 6.42 Å². The Morgan fingerprint density at radius 2 is 2.00 bits per heavy atom. The minimum Gasteiger partial charge on any atom is -0.449 e. The van der Waals surface area contributed by atoms with Crippen molar-refractivity contribution in [3.05, 3.63) is 29.6 Å². The molecule has 0 spiro atoms. The van der Waals surface area contributed by atoms with Gasteiger partial charge < -0.3 is 12.9 Å². The molecule has 1 rings (SSSR count). The van der Waals surface area contributed by atoms with Crippen LogP contribution in [0.15, 0.2) is 18.5 Å². The van der Waals surface area contributed by atoms with Crippen molar-refractivity contribution in [2.24, 2.45) is 0 Å². The summed E-state index contributed by atoms with van der Waals surface area (Å²) in [5.74, 6) is 0. The van der Waals surface area contributed by atoms with Gasteiger partial charge in [-0.05, 0) is 18.1 Å². The first-order chi connectivity index (χ1) is 5.97. The third-order valence-electron chi connectivity index (χ3n) is 1.69. The van der Waals surface area contributed by atoms with Crippen molar-refractivity contribution in [2.45, 2.75) is 19.7 Å². The maximum Gasteiger partial charge on any atom is 0.478 e. The van der Waals surface area contributed by atoms with E-state index in [-0.39, 0.29) is 6.42 Å². The molecular formula is C8H10BF3N-. The predicted octanol–water partition coefficient (Wildman–Crippen LogP) is 2.78. The van der Waals surface area contributed by atoms with E-state index in [1.807, 2.05) is 6.92 Å². The molecular weight excluding hydrogens is 178 g/mol. The highest BCUT2D eigenvalue weighted by Crippen LogP contribution is 2.17. The lowest BCUT2D eigenvalue weighted by atomic mass is 9.83. The fourth-order valence-corrected chi connectivity index (χ4v) is 1.08. The van der Waals surface area contributed by atoms with Crippen LogP contribution in [0.4, 0.5) is 12.9 Å². The predicted molar refractivity (Wildman–Crippen MR) is 46.6 cm³/mol. The first kappa shape index (κ1) is 10.1. The van der Waals surface area contributed by atoms with Crippen LogP contribution in [-0.4, -0.2) is 12.0 Å². The second kappa shape index (κ2) is 3.81. The first-order valence-corrected chi connectivity index (χ1v) is 4.09. The summed E-state index contributed by atoms with van der Waals surface area (Å²) in [6, 6.07) is 1.73. The minimum atomic E-state index is -4.67. The van der Waals surface area contributed by atoms with Gasteiger partial charge in [-0.1, -0.05) is 18.8 Å². The maximum atomic E-state index is 11.9. The highest BCUT2D eigenvalue weighted by Gasteiger charge is 2.21. The van der Waals surface area contributed by atoms with Crippen LogP contribution in [0.3, 0.4) is 0 Å². The molecule has 1 nitrogen and oxygen atoms in total. The zero-order valence-electron chi connectivity index (χ0n) is 7.30. The van der Waals surface area contributed by atoms with Crippen molar-refractivity contribution >= 4 is 6.98 Å². The third kappa shape index (κ3) is 3.96. The summed E-state index contributed by atoms with van der Waals surface area (Å²) in [7, 11) is 0. The summed E-state index contributed by atoms with van der Waals surface area (Å²) in [5, 5.41) is 0. The monoisotopic (exact) mass is 188 g/mol. The molecule has 1 aromatic rings. The summed E-state index contributed by atoms with van der Waals surface area (Å²) < 4.78 is 35.7. The summed E-state index contributed by atoms with van der Waals surface area (Å²) in [5.41, 5.74) is 1.55. The molecule has 0 unspecified atom stereocenters. The molecule has 1 heterocycles. The van der Waals surface area contributed by atoms with Crippen molar-refractivity contribution in [1.29, 1.82) is 0 Å². The molecule has 0 N–H and O–H groups in total. The van der Waals surface area contributed by atoms with E-state index in [9.17, 15) is 12.9 Å². The van der Waals surface area contributed by atoms with Crippen LogP contribution in [0.25, 0.3) is 0 Å². The zero-order chi connectivity index (χ0) is 9.90. The van der Waals surface area contributed by atoms with Crippen molar-refractivity contribution < 1.29 is 12.9 Å². The number of pyridine rings is 1. The molecule has 0 radical (unpaired) electrons. The van der Waals surface area contributed by atoms with Crippen molar-refractivity contribution in [3.63, 3.8) is 0 Å². The van der Waals surface area contributed by atoms with Crippen LogP contribution >= 0.6 is 0 Å². The second-order valence-electron chi connectivity index (χ2n) is 3.12. The van der Waals surface area contributed by atoms with Gasteiger partial charge >= 0.3 is 6.98 Å². The SMILES string of the molecule is Cc1cncc(CC[B-](F)(F)F)c1. The molecule has 0 aliphatic carbocycles. The van der Waals surface area contributed by atoms with E-state index in [4.69, 9.17) is 0 Å². The van der Waals surface area contributed by atoms with Gasteiger partial charge in [-0.25, -0.2) is 0 Å². The molecule has 72 valence electrons. The molecule has 0 saturated carbocycles. The van der Waals surface area contributed by atoms with Crippen molar-refractivity contribution in [2.75, 3.05) is 0 Å². The number of hydrogen-bond donors (Lipinski definition) is 0. The van der Waals surface area contributed by atoms with Gasteiger partial charge in [-0.15, -0.1) is 0 Å². The first-order valence-electron chi connectivity index (χ1n) is 4.09. The van der Waals surface area contributed by atoms with Gasteiger partial charge in [0.05, 0.1) is 0 Å². The summed E-state index contributed by atoms with van der Waals surface area (Å²) in [6.07, 6.45) is 2.43. The van der Waals surface area contributed by atoms with E-state index in [0.29, 0.717) is 5.56 Å². The van der Waals surface area contributed by atoms with E-state index < -0.39 is 13.3 Å². The van der Waals surface area contributed by atoms with Crippen LogP contribution in [0, 0.1) is 6.92 Å². The molecule has 0 saturated heterocycles. The minimum absolute atomic E-state index is 0.0399. The Balaban J connectivity index is 2.55.